The van der Waals surface area contributed by atoms with Crippen molar-refractivity contribution in [3.63, 3.8) is 0 Å². The molecule has 1 fully saturated rings. The molecule has 5 nitrogen and oxygen atoms in total. The molecule has 0 atom stereocenters. The van der Waals surface area contributed by atoms with Gasteiger partial charge in [-0.05, 0) is 31.2 Å². The van der Waals surface area contributed by atoms with E-state index in [0.717, 1.165) is 36.8 Å². The molecule has 1 aromatic carbocycles. The zero-order chi connectivity index (χ0) is 14.7. The third-order valence-corrected chi connectivity index (χ3v) is 4.70. The number of nitro benzene ring substituents is 1. The standard InChI is InChI=1S/C14H17BrN2O3/c1-10-2-3-12(17(19)20)8-13(10)14(18)16-6-4-11(9-15)5-7-16/h2-3,8,11H,4-7,9H2,1H3. The SMILES string of the molecule is Cc1ccc([N+](=O)[O-])cc1C(=O)N1CCC(CBr)CC1. The number of nitro groups is 1. The van der Waals surface area contributed by atoms with E-state index in [-0.39, 0.29) is 11.6 Å². The summed E-state index contributed by atoms with van der Waals surface area (Å²) < 4.78 is 0. The number of piperidine rings is 1. The van der Waals surface area contributed by atoms with Crippen LogP contribution in [0.5, 0.6) is 0 Å². The monoisotopic (exact) mass is 340 g/mol. The predicted octanol–water partition coefficient (Wildman–Crippen LogP) is 3.15. The van der Waals surface area contributed by atoms with Gasteiger partial charge < -0.3 is 4.90 Å². The van der Waals surface area contributed by atoms with Gasteiger partial charge in [0, 0.05) is 36.1 Å². The number of halogens is 1. The highest BCUT2D eigenvalue weighted by atomic mass is 79.9. The van der Waals surface area contributed by atoms with E-state index in [4.69, 9.17) is 0 Å². The average molecular weight is 341 g/mol. The highest BCUT2D eigenvalue weighted by Gasteiger charge is 2.25. The Balaban J connectivity index is 2.17. The van der Waals surface area contributed by atoms with E-state index in [9.17, 15) is 14.9 Å². The van der Waals surface area contributed by atoms with Gasteiger partial charge in [-0.1, -0.05) is 22.0 Å². The fourth-order valence-electron chi connectivity index (χ4n) is 2.41. The molecule has 0 radical (unpaired) electrons. The van der Waals surface area contributed by atoms with Gasteiger partial charge in [-0.15, -0.1) is 0 Å². The number of aryl methyl sites for hydroxylation is 1. The normalized spacial score (nSPS) is 16.2. The fourth-order valence-corrected chi connectivity index (χ4v) is 3.06. The third-order valence-electron chi connectivity index (χ3n) is 3.78. The number of likely N-dealkylation sites (tertiary alicyclic amines) is 1. The Morgan fingerprint density at radius 2 is 2.10 bits per heavy atom. The van der Waals surface area contributed by atoms with Crippen molar-refractivity contribution < 1.29 is 9.72 Å². The summed E-state index contributed by atoms with van der Waals surface area (Å²) in [6, 6.07) is 4.45. The summed E-state index contributed by atoms with van der Waals surface area (Å²) in [7, 11) is 0. The second-order valence-electron chi connectivity index (χ2n) is 5.15. The van der Waals surface area contributed by atoms with Crippen molar-refractivity contribution in [2.24, 2.45) is 5.92 Å². The average Bonchev–Trinajstić information content (AvgIpc) is 2.47. The lowest BCUT2D eigenvalue weighted by molar-refractivity contribution is -0.384. The van der Waals surface area contributed by atoms with Crippen molar-refractivity contribution in [1.29, 1.82) is 0 Å². The molecule has 1 aliphatic heterocycles. The Kier molecular flexibility index (Phi) is 4.75. The van der Waals surface area contributed by atoms with Crippen LogP contribution in [-0.4, -0.2) is 34.2 Å². The minimum atomic E-state index is -0.465. The largest absolute Gasteiger partial charge is 0.339 e. The Labute approximate surface area is 126 Å². The topological polar surface area (TPSA) is 63.5 Å². The van der Waals surface area contributed by atoms with E-state index < -0.39 is 4.92 Å². The van der Waals surface area contributed by atoms with Crippen LogP contribution in [-0.2, 0) is 0 Å². The molecule has 0 N–H and O–H groups in total. The van der Waals surface area contributed by atoms with Crippen LogP contribution in [0.1, 0.15) is 28.8 Å². The van der Waals surface area contributed by atoms with Gasteiger partial charge in [-0.25, -0.2) is 0 Å². The molecule has 108 valence electrons. The van der Waals surface area contributed by atoms with Crippen LogP contribution in [0.15, 0.2) is 18.2 Å². The molecule has 0 bridgehead atoms. The molecule has 0 saturated carbocycles. The number of non-ortho nitro benzene ring substituents is 1. The number of carbonyl (C=O) groups is 1. The first-order valence-electron chi connectivity index (χ1n) is 6.63. The van der Waals surface area contributed by atoms with Gasteiger partial charge in [-0.3, -0.25) is 14.9 Å². The molecule has 1 aliphatic rings. The number of hydrogen-bond acceptors (Lipinski definition) is 3. The van der Waals surface area contributed by atoms with Crippen molar-refractivity contribution in [2.45, 2.75) is 19.8 Å². The molecule has 6 heteroatoms. The summed E-state index contributed by atoms with van der Waals surface area (Å²) in [6.45, 7) is 3.25. The summed E-state index contributed by atoms with van der Waals surface area (Å²) in [5.41, 5.74) is 1.19. The van der Waals surface area contributed by atoms with Crippen LogP contribution in [0.2, 0.25) is 0 Å². The summed E-state index contributed by atoms with van der Waals surface area (Å²) in [5.74, 6) is 0.518. The third kappa shape index (κ3) is 3.17. The maximum absolute atomic E-state index is 12.5. The number of rotatable bonds is 3. The smallest absolute Gasteiger partial charge is 0.270 e. The van der Waals surface area contributed by atoms with E-state index in [1.54, 1.807) is 11.0 Å². The van der Waals surface area contributed by atoms with Gasteiger partial charge in [0.15, 0.2) is 0 Å². The number of carbonyl (C=O) groups excluding carboxylic acids is 1. The molecule has 0 aromatic heterocycles. The van der Waals surface area contributed by atoms with Crippen LogP contribution in [0.4, 0.5) is 5.69 Å². The fraction of sp³-hybridized carbons (Fsp3) is 0.500. The first-order chi connectivity index (χ1) is 9.52. The van der Waals surface area contributed by atoms with Crippen molar-refractivity contribution >= 4 is 27.5 Å². The summed E-state index contributed by atoms with van der Waals surface area (Å²) in [5, 5.41) is 11.8. The molecule has 0 aliphatic carbocycles. The van der Waals surface area contributed by atoms with Gasteiger partial charge in [0.1, 0.15) is 0 Å². The molecule has 1 heterocycles. The first kappa shape index (κ1) is 15.0. The van der Waals surface area contributed by atoms with Crippen LogP contribution in [0, 0.1) is 23.0 Å². The lowest BCUT2D eigenvalue weighted by atomic mass is 9.98. The molecule has 0 spiro atoms. The zero-order valence-corrected chi connectivity index (χ0v) is 12.9. The summed E-state index contributed by atoms with van der Waals surface area (Å²) in [4.78, 5) is 24.6. The van der Waals surface area contributed by atoms with Crippen LogP contribution >= 0.6 is 15.9 Å². The Bertz CT molecular complexity index is 525. The van der Waals surface area contributed by atoms with Gasteiger partial charge in [0.25, 0.3) is 11.6 Å². The summed E-state index contributed by atoms with van der Waals surface area (Å²) >= 11 is 3.47. The Hall–Kier alpha value is -1.43. The minimum Gasteiger partial charge on any atom is -0.339 e. The van der Waals surface area contributed by atoms with Crippen molar-refractivity contribution in [3.8, 4) is 0 Å². The van der Waals surface area contributed by atoms with Crippen LogP contribution < -0.4 is 0 Å². The Morgan fingerprint density at radius 3 is 2.65 bits per heavy atom. The first-order valence-corrected chi connectivity index (χ1v) is 7.75. The van der Waals surface area contributed by atoms with Gasteiger partial charge in [0.2, 0.25) is 0 Å². The van der Waals surface area contributed by atoms with Crippen LogP contribution in [0.25, 0.3) is 0 Å². The lowest BCUT2D eigenvalue weighted by Crippen LogP contribution is -2.39. The van der Waals surface area contributed by atoms with Gasteiger partial charge in [0.05, 0.1) is 4.92 Å². The minimum absolute atomic E-state index is 0.0331. The molecule has 1 aromatic rings. The van der Waals surface area contributed by atoms with Gasteiger partial charge >= 0.3 is 0 Å². The summed E-state index contributed by atoms with van der Waals surface area (Å²) in [6.07, 6.45) is 1.95. The molecule has 0 unspecified atom stereocenters. The quantitative estimate of drug-likeness (QED) is 0.482. The van der Waals surface area contributed by atoms with E-state index in [2.05, 4.69) is 15.9 Å². The highest BCUT2D eigenvalue weighted by molar-refractivity contribution is 9.09. The van der Waals surface area contributed by atoms with Crippen molar-refractivity contribution in [1.82, 2.24) is 4.90 Å². The second kappa shape index (κ2) is 6.35. The highest BCUT2D eigenvalue weighted by Crippen LogP contribution is 2.23. The van der Waals surface area contributed by atoms with E-state index in [0.29, 0.717) is 11.5 Å². The second-order valence-corrected chi connectivity index (χ2v) is 5.79. The van der Waals surface area contributed by atoms with E-state index in [1.165, 1.54) is 12.1 Å². The number of benzene rings is 1. The number of alkyl halides is 1. The molecule has 1 amide bonds. The maximum Gasteiger partial charge on any atom is 0.270 e. The number of hydrogen-bond donors (Lipinski definition) is 0. The number of nitrogens with zero attached hydrogens (tertiary/aromatic N) is 2. The maximum atomic E-state index is 12.5. The van der Waals surface area contributed by atoms with E-state index in [1.807, 2.05) is 6.92 Å². The van der Waals surface area contributed by atoms with Gasteiger partial charge in [-0.2, -0.15) is 0 Å². The number of amides is 1. The van der Waals surface area contributed by atoms with Crippen molar-refractivity contribution in [3.05, 3.63) is 39.4 Å². The molecular formula is C14H17BrN2O3. The van der Waals surface area contributed by atoms with Crippen molar-refractivity contribution in [2.75, 3.05) is 18.4 Å². The molecule has 2 rings (SSSR count). The predicted molar refractivity (Wildman–Crippen MR) is 80.3 cm³/mol. The molecule has 20 heavy (non-hydrogen) atoms. The molecule has 1 saturated heterocycles. The Morgan fingerprint density at radius 1 is 1.45 bits per heavy atom. The van der Waals surface area contributed by atoms with E-state index >= 15 is 0 Å². The molecular weight excluding hydrogens is 324 g/mol. The van der Waals surface area contributed by atoms with Crippen LogP contribution in [0.3, 0.4) is 0 Å². The lowest BCUT2D eigenvalue weighted by Gasteiger charge is -2.31. The zero-order valence-electron chi connectivity index (χ0n) is 11.3.